The third kappa shape index (κ3) is 3.42. The summed E-state index contributed by atoms with van der Waals surface area (Å²) in [5, 5.41) is 0. The van der Waals surface area contributed by atoms with Gasteiger partial charge in [0.25, 0.3) is 5.69 Å². The highest BCUT2D eigenvalue weighted by molar-refractivity contribution is 8.60. The molecule has 0 aliphatic heterocycles. The summed E-state index contributed by atoms with van der Waals surface area (Å²) < 4.78 is 8.06. The van der Waals surface area contributed by atoms with Gasteiger partial charge in [0, 0.05) is 0 Å². The summed E-state index contributed by atoms with van der Waals surface area (Å²) in [5.41, 5.74) is -2.57. The average molecular weight is 160 g/mol. The molecule has 0 unspecified atom stereocenters. The topological polar surface area (TPSA) is 70.5 Å². The van der Waals surface area contributed by atoms with E-state index in [0.29, 0.717) is 0 Å². The molecule has 0 bridgehead atoms. The Balaban J connectivity index is 3.61. The number of nitrogens with two attached hydrogens (primary N) is 2. The lowest BCUT2D eigenvalue weighted by molar-refractivity contribution is 0.272. The predicted molar refractivity (Wildman–Crippen MR) is 33.8 cm³/mol. The lowest BCUT2D eigenvalue weighted by Gasteiger charge is -2.05. The Bertz CT molecular complexity index is 85.7. The molecule has 44 valence electrons. The summed E-state index contributed by atoms with van der Waals surface area (Å²) in [6.45, 7) is 0. The van der Waals surface area contributed by atoms with Crippen molar-refractivity contribution >= 4 is 29.7 Å². The van der Waals surface area contributed by atoms with Crippen molar-refractivity contribution in [1.82, 2.24) is 0 Å². The van der Waals surface area contributed by atoms with Crippen LogP contribution in [0.5, 0.6) is 0 Å². The Kier molecular flexibility index (Phi) is 3.34. The zero-order valence-electron chi connectivity index (χ0n) is 3.27. The SMILES string of the molecule is NOP(=S)(S)ON. The molecule has 0 aromatic carbocycles. The van der Waals surface area contributed by atoms with E-state index in [2.05, 4.69) is 45.1 Å². The smallest absolute Gasteiger partial charge is 0.235 e. The molecule has 0 fully saturated rings. The van der Waals surface area contributed by atoms with Crippen molar-refractivity contribution in [3.8, 4) is 0 Å². The first-order valence-electron chi connectivity index (χ1n) is 1.22. The predicted octanol–water partition coefficient (Wildman–Crippen LogP) is -0.0787. The largest absolute Gasteiger partial charge is 0.277 e. The zero-order valence-corrected chi connectivity index (χ0v) is 5.88. The molecular formula is H5N2O2PS2. The summed E-state index contributed by atoms with van der Waals surface area (Å²) in [6, 6.07) is 0. The van der Waals surface area contributed by atoms with Gasteiger partial charge in [-0.2, -0.15) is 0 Å². The average Bonchev–Trinajstić information content (AvgIpc) is 1.68. The number of thiol groups is 1. The van der Waals surface area contributed by atoms with Crippen molar-refractivity contribution in [2.24, 2.45) is 11.8 Å². The fourth-order valence-corrected chi connectivity index (χ4v) is 0.0745. The minimum Gasteiger partial charge on any atom is -0.235 e. The Labute approximate surface area is 51.4 Å². The first-order valence-corrected chi connectivity index (χ1v) is 5.01. The third-order valence-corrected chi connectivity index (χ3v) is 1.88. The van der Waals surface area contributed by atoms with Crippen LogP contribution < -0.4 is 11.8 Å². The van der Waals surface area contributed by atoms with Crippen LogP contribution in [0.2, 0.25) is 0 Å². The van der Waals surface area contributed by atoms with Gasteiger partial charge in [0.15, 0.2) is 0 Å². The van der Waals surface area contributed by atoms with Gasteiger partial charge in [-0.1, -0.05) is 12.2 Å². The second-order valence-corrected chi connectivity index (χ2v) is 5.87. The Morgan fingerprint density at radius 3 is 1.71 bits per heavy atom. The van der Waals surface area contributed by atoms with Crippen LogP contribution in [-0.2, 0) is 21.1 Å². The molecule has 0 amide bonds. The van der Waals surface area contributed by atoms with Crippen LogP contribution in [0.15, 0.2) is 0 Å². The zero-order chi connectivity index (χ0) is 5.91. The van der Waals surface area contributed by atoms with Crippen molar-refractivity contribution in [3.63, 3.8) is 0 Å². The van der Waals surface area contributed by atoms with Gasteiger partial charge >= 0.3 is 0 Å². The highest BCUT2D eigenvalue weighted by Crippen LogP contribution is 2.49. The second-order valence-electron chi connectivity index (χ2n) is 0.679. The molecule has 0 rings (SSSR count). The molecular weight excluding hydrogens is 155 g/mol. The molecule has 0 heterocycles. The van der Waals surface area contributed by atoms with Crippen molar-refractivity contribution < 1.29 is 9.25 Å². The van der Waals surface area contributed by atoms with E-state index in [1.54, 1.807) is 0 Å². The molecule has 7 heteroatoms. The number of rotatable bonds is 2. The van der Waals surface area contributed by atoms with Crippen LogP contribution in [0.1, 0.15) is 0 Å². The maximum atomic E-state index is 4.58. The van der Waals surface area contributed by atoms with Crippen LogP contribution in [0.4, 0.5) is 0 Å². The first-order chi connectivity index (χ1) is 3.12. The van der Waals surface area contributed by atoms with Gasteiger partial charge in [0.2, 0.25) is 0 Å². The summed E-state index contributed by atoms with van der Waals surface area (Å²) in [4.78, 5) is 0. The molecule has 4 N–H and O–H groups in total. The molecule has 0 saturated heterocycles. The molecule has 7 heavy (non-hydrogen) atoms. The normalized spacial score (nSPS) is 11.9. The first kappa shape index (κ1) is 7.84. The van der Waals surface area contributed by atoms with E-state index >= 15 is 0 Å². The van der Waals surface area contributed by atoms with Gasteiger partial charge in [-0.15, -0.1) is 0 Å². The summed E-state index contributed by atoms with van der Waals surface area (Å²) >= 11 is 8.04. The van der Waals surface area contributed by atoms with E-state index in [9.17, 15) is 0 Å². The van der Waals surface area contributed by atoms with Crippen LogP contribution in [0.25, 0.3) is 0 Å². The lowest BCUT2D eigenvalue weighted by Crippen LogP contribution is -1.99. The number of hydrogen-bond donors (Lipinski definition) is 3. The van der Waals surface area contributed by atoms with E-state index < -0.39 is 5.69 Å². The third-order valence-electron chi connectivity index (χ3n) is 0.266. The van der Waals surface area contributed by atoms with Crippen molar-refractivity contribution in [1.29, 1.82) is 0 Å². The Morgan fingerprint density at radius 2 is 1.71 bits per heavy atom. The van der Waals surface area contributed by atoms with Gasteiger partial charge in [0.1, 0.15) is 0 Å². The summed E-state index contributed by atoms with van der Waals surface area (Å²) in [6.07, 6.45) is 0. The van der Waals surface area contributed by atoms with Crippen LogP contribution >= 0.6 is 17.9 Å². The van der Waals surface area contributed by atoms with E-state index in [1.807, 2.05) is 0 Å². The molecule has 0 radical (unpaired) electrons. The van der Waals surface area contributed by atoms with Crippen molar-refractivity contribution in [2.45, 2.75) is 0 Å². The van der Waals surface area contributed by atoms with Crippen LogP contribution in [0, 0.1) is 0 Å². The molecule has 0 saturated carbocycles. The molecule has 0 aromatic rings. The van der Waals surface area contributed by atoms with E-state index in [0.717, 1.165) is 0 Å². The van der Waals surface area contributed by atoms with E-state index in [-0.39, 0.29) is 0 Å². The van der Waals surface area contributed by atoms with Gasteiger partial charge in [-0.05, 0) is 11.8 Å². The Morgan fingerprint density at radius 1 is 1.43 bits per heavy atom. The monoisotopic (exact) mass is 160 g/mol. The minimum absolute atomic E-state index is 2.57. The minimum atomic E-state index is -2.57. The highest BCUT2D eigenvalue weighted by atomic mass is 32.9. The van der Waals surface area contributed by atoms with Gasteiger partial charge in [-0.25, -0.2) is 21.0 Å². The highest BCUT2D eigenvalue weighted by Gasteiger charge is 2.06. The van der Waals surface area contributed by atoms with Gasteiger partial charge in [-0.3, -0.25) is 0 Å². The lowest BCUT2D eigenvalue weighted by atomic mass is 13.6. The quantitative estimate of drug-likeness (QED) is 0.299. The molecule has 4 nitrogen and oxygen atoms in total. The van der Waals surface area contributed by atoms with E-state index in [4.69, 9.17) is 0 Å². The fraction of sp³-hybridized carbons (Fsp3) is 0. The van der Waals surface area contributed by atoms with Crippen molar-refractivity contribution in [2.75, 3.05) is 0 Å². The van der Waals surface area contributed by atoms with Crippen molar-refractivity contribution in [3.05, 3.63) is 0 Å². The molecule has 0 aromatic heterocycles. The van der Waals surface area contributed by atoms with Crippen LogP contribution in [0.3, 0.4) is 0 Å². The molecule has 0 aliphatic carbocycles. The van der Waals surface area contributed by atoms with Gasteiger partial charge < -0.3 is 0 Å². The second kappa shape index (κ2) is 2.99. The number of hydrogen-bond acceptors (Lipinski definition) is 5. The molecule has 0 spiro atoms. The van der Waals surface area contributed by atoms with E-state index in [1.165, 1.54) is 0 Å². The molecule has 0 atom stereocenters. The van der Waals surface area contributed by atoms with Crippen LogP contribution in [-0.4, -0.2) is 0 Å². The summed E-state index contributed by atoms with van der Waals surface area (Å²) in [7, 11) is 0. The van der Waals surface area contributed by atoms with Gasteiger partial charge in [0.05, 0.1) is 0 Å². The summed E-state index contributed by atoms with van der Waals surface area (Å²) in [5.74, 6) is 9.16. The standard InChI is InChI=1S/H5N2O2PS2/c1-3-5(6,7)4-2/h1-2H2,(H,6,7). The fourth-order valence-electron chi connectivity index (χ4n) is 0.0248. The maximum Gasteiger partial charge on any atom is 0.277 e. The Hall–Kier alpha value is 0.840. The molecule has 0 aliphatic rings. The maximum absolute atomic E-state index is 4.58.